The first-order chi connectivity index (χ1) is 12.7. The minimum Gasteiger partial charge on any atom is -0.329 e. The molecular formula is C20H20N4OS. The van der Waals surface area contributed by atoms with Gasteiger partial charge in [0.25, 0.3) is 0 Å². The number of H-pyrrole nitrogens is 2. The fourth-order valence-corrected chi connectivity index (χ4v) is 3.61. The fraction of sp³-hybridized carbons (Fsp3) is 0.200. The van der Waals surface area contributed by atoms with E-state index in [2.05, 4.69) is 32.9 Å². The van der Waals surface area contributed by atoms with Crippen molar-refractivity contribution < 1.29 is 0 Å². The van der Waals surface area contributed by atoms with E-state index in [0.29, 0.717) is 0 Å². The van der Waals surface area contributed by atoms with Crippen LogP contribution >= 0.6 is 11.8 Å². The van der Waals surface area contributed by atoms with Crippen molar-refractivity contribution >= 4 is 22.8 Å². The third kappa shape index (κ3) is 3.32. The number of rotatable bonds is 6. The lowest BCUT2D eigenvalue weighted by molar-refractivity contribution is 0.750. The maximum Gasteiger partial charge on any atom is 0.323 e. The topological polar surface area (TPSA) is 66.5 Å². The molecule has 0 aliphatic rings. The number of hydrogen-bond donors (Lipinski definition) is 2. The Morgan fingerprint density at radius 2 is 1.88 bits per heavy atom. The van der Waals surface area contributed by atoms with Gasteiger partial charge in [0.1, 0.15) is 0 Å². The number of thioether (sulfide) groups is 1. The summed E-state index contributed by atoms with van der Waals surface area (Å²) in [5.74, 6) is 1.05. The van der Waals surface area contributed by atoms with Crippen molar-refractivity contribution in [1.29, 1.82) is 0 Å². The summed E-state index contributed by atoms with van der Waals surface area (Å²) in [6.45, 7) is 0.729. The van der Waals surface area contributed by atoms with Gasteiger partial charge in [-0.25, -0.2) is 9.78 Å². The number of fused-ring (bicyclic) bond motifs is 1. The Hall–Kier alpha value is -2.73. The summed E-state index contributed by atoms with van der Waals surface area (Å²) in [6.07, 6.45) is 5.01. The fourth-order valence-electron chi connectivity index (χ4n) is 3.22. The Labute approximate surface area is 155 Å². The van der Waals surface area contributed by atoms with Gasteiger partial charge in [-0.1, -0.05) is 36.4 Å². The molecule has 0 atom stereocenters. The van der Waals surface area contributed by atoms with Crippen molar-refractivity contribution in [2.45, 2.75) is 13.0 Å². The molecular weight excluding hydrogens is 344 g/mol. The van der Waals surface area contributed by atoms with Gasteiger partial charge in [-0.15, -0.1) is 0 Å². The third-order valence-electron chi connectivity index (χ3n) is 4.47. The Morgan fingerprint density at radius 1 is 1.08 bits per heavy atom. The van der Waals surface area contributed by atoms with Gasteiger partial charge in [0.05, 0.1) is 23.1 Å². The van der Waals surface area contributed by atoms with Crippen LogP contribution in [0.1, 0.15) is 11.3 Å². The van der Waals surface area contributed by atoms with E-state index < -0.39 is 0 Å². The molecule has 0 amide bonds. The number of nitrogens with one attached hydrogen (secondary N) is 2. The van der Waals surface area contributed by atoms with Crippen LogP contribution in [0, 0.1) is 0 Å². The van der Waals surface area contributed by atoms with Gasteiger partial charge in [0, 0.05) is 17.8 Å². The molecule has 0 radical (unpaired) electrons. The van der Waals surface area contributed by atoms with Crippen LogP contribution in [0.5, 0.6) is 0 Å². The molecule has 2 heterocycles. The highest BCUT2D eigenvalue weighted by atomic mass is 32.2. The second-order valence-corrected chi connectivity index (χ2v) is 7.22. The van der Waals surface area contributed by atoms with E-state index in [4.69, 9.17) is 4.98 Å². The molecule has 0 bridgehead atoms. The van der Waals surface area contributed by atoms with Gasteiger partial charge in [-0.05, 0) is 36.1 Å². The van der Waals surface area contributed by atoms with Crippen LogP contribution in [0.25, 0.3) is 22.3 Å². The van der Waals surface area contributed by atoms with Crippen LogP contribution in [0.15, 0.2) is 59.7 Å². The predicted molar refractivity (Wildman–Crippen MR) is 108 cm³/mol. The zero-order valence-electron chi connectivity index (χ0n) is 14.5. The van der Waals surface area contributed by atoms with E-state index in [-0.39, 0.29) is 5.69 Å². The predicted octanol–water partition coefficient (Wildman–Crippen LogP) is 3.67. The van der Waals surface area contributed by atoms with E-state index >= 15 is 0 Å². The normalized spacial score (nSPS) is 11.3. The number of nitrogens with zero attached hydrogens (tertiary/aromatic N) is 2. The first-order valence-electron chi connectivity index (χ1n) is 8.54. The highest BCUT2D eigenvalue weighted by molar-refractivity contribution is 7.98. The molecule has 0 aliphatic heterocycles. The average molecular weight is 364 g/mol. The van der Waals surface area contributed by atoms with Crippen LogP contribution in [0.2, 0.25) is 0 Å². The van der Waals surface area contributed by atoms with Crippen molar-refractivity contribution in [3.63, 3.8) is 0 Å². The molecule has 0 saturated heterocycles. The zero-order valence-corrected chi connectivity index (χ0v) is 15.3. The highest BCUT2D eigenvalue weighted by Crippen LogP contribution is 2.24. The van der Waals surface area contributed by atoms with Crippen LogP contribution in [0.3, 0.4) is 0 Å². The minimum atomic E-state index is -0.174. The molecule has 2 aromatic carbocycles. The van der Waals surface area contributed by atoms with Gasteiger partial charge in [-0.3, -0.25) is 0 Å². The third-order valence-corrected chi connectivity index (χ3v) is 5.08. The number of benzene rings is 2. The number of hydrogen-bond acceptors (Lipinski definition) is 3. The molecule has 132 valence electrons. The molecule has 2 N–H and O–H groups in total. The number of imidazole rings is 2. The molecule has 26 heavy (non-hydrogen) atoms. The van der Waals surface area contributed by atoms with E-state index in [1.165, 1.54) is 5.69 Å². The molecule has 5 nitrogen and oxygen atoms in total. The van der Waals surface area contributed by atoms with Gasteiger partial charge < -0.3 is 14.5 Å². The van der Waals surface area contributed by atoms with Crippen molar-refractivity contribution in [3.8, 4) is 11.3 Å². The highest BCUT2D eigenvalue weighted by Gasteiger charge is 2.13. The van der Waals surface area contributed by atoms with Crippen LogP contribution in [0.4, 0.5) is 0 Å². The van der Waals surface area contributed by atoms with E-state index in [0.717, 1.165) is 46.6 Å². The first kappa shape index (κ1) is 16.7. The molecule has 0 saturated carbocycles. The molecule has 0 spiro atoms. The molecule has 0 fully saturated rings. The molecule has 0 unspecified atom stereocenters. The minimum absolute atomic E-state index is 0.174. The maximum absolute atomic E-state index is 11.5. The summed E-state index contributed by atoms with van der Waals surface area (Å²) in [4.78, 5) is 21.8. The lowest BCUT2D eigenvalue weighted by Crippen LogP contribution is -2.05. The summed E-state index contributed by atoms with van der Waals surface area (Å²) in [6, 6.07) is 16.3. The molecule has 2 aromatic heterocycles. The van der Waals surface area contributed by atoms with Crippen molar-refractivity contribution in [2.75, 3.05) is 12.0 Å². The van der Waals surface area contributed by atoms with Gasteiger partial charge in [0.2, 0.25) is 0 Å². The molecule has 4 rings (SSSR count). The summed E-state index contributed by atoms with van der Waals surface area (Å²) in [7, 11) is 0. The van der Waals surface area contributed by atoms with Crippen LogP contribution in [-0.2, 0) is 13.0 Å². The molecule has 4 aromatic rings. The molecule has 0 aliphatic carbocycles. The standard InChI is InChI=1S/C20H20N4OS/c1-26-10-9-18-19(15-5-3-2-4-6-15)21-13-24(18)12-14-7-8-16-17(11-14)23-20(25)22-16/h2-8,11,13H,9-10,12H2,1H3,(H2,22,23,25). The lowest BCUT2D eigenvalue weighted by atomic mass is 10.1. The van der Waals surface area contributed by atoms with Gasteiger partial charge in [0.15, 0.2) is 0 Å². The quantitative estimate of drug-likeness (QED) is 0.548. The van der Waals surface area contributed by atoms with Crippen molar-refractivity contribution in [2.24, 2.45) is 0 Å². The van der Waals surface area contributed by atoms with E-state index in [1.54, 1.807) is 0 Å². The van der Waals surface area contributed by atoms with Crippen molar-refractivity contribution in [1.82, 2.24) is 19.5 Å². The number of aromatic amines is 2. The van der Waals surface area contributed by atoms with E-state index in [1.807, 2.05) is 54.5 Å². The second kappa shape index (κ2) is 7.25. The Balaban J connectivity index is 1.70. The van der Waals surface area contributed by atoms with Gasteiger partial charge >= 0.3 is 5.69 Å². The molecule has 6 heteroatoms. The number of aromatic nitrogens is 4. The Bertz CT molecular complexity index is 1080. The van der Waals surface area contributed by atoms with Crippen LogP contribution < -0.4 is 5.69 Å². The largest absolute Gasteiger partial charge is 0.329 e. The maximum atomic E-state index is 11.5. The zero-order chi connectivity index (χ0) is 17.9. The lowest BCUT2D eigenvalue weighted by Gasteiger charge is -2.10. The Morgan fingerprint density at radius 3 is 2.69 bits per heavy atom. The smallest absolute Gasteiger partial charge is 0.323 e. The second-order valence-electron chi connectivity index (χ2n) is 6.24. The van der Waals surface area contributed by atoms with E-state index in [9.17, 15) is 4.79 Å². The van der Waals surface area contributed by atoms with Crippen molar-refractivity contribution in [3.05, 3.63) is 76.6 Å². The summed E-state index contributed by atoms with van der Waals surface area (Å²) in [5, 5.41) is 0. The van der Waals surface area contributed by atoms with Crippen LogP contribution in [-0.4, -0.2) is 31.5 Å². The Kier molecular flexibility index (Phi) is 4.67. The van der Waals surface area contributed by atoms with Gasteiger partial charge in [-0.2, -0.15) is 11.8 Å². The average Bonchev–Trinajstić information content (AvgIpc) is 3.22. The SMILES string of the molecule is CSCCc1c(-c2ccccc2)ncn1Cc1ccc2[nH]c(=O)[nH]c2c1. The summed E-state index contributed by atoms with van der Waals surface area (Å²) < 4.78 is 2.21. The first-order valence-corrected chi connectivity index (χ1v) is 9.93. The monoisotopic (exact) mass is 364 g/mol. The summed E-state index contributed by atoms with van der Waals surface area (Å²) in [5.41, 5.74) is 6.07. The summed E-state index contributed by atoms with van der Waals surface area (Å²) >= 11 is 1.84.